The van der Waals surface area contributed by atoms with Gasteiger partial charge in [-0.25, -0.2) is 4.57 Å². The van der Waals surface area contributed by atoms with E-state index in [-0.39, 0.29) is 0 Å². The topological polar surface area (TPSA) is 3.88 Å². The Morgan fingerprint density at radius 2 is 1.40 bits per heavy atom. The third-order valence-corrected chi connectivity index (χ3v) is 6.74. The molecule has 0 spiro atoms. The summed E-state index contributed by atoms with van der Waals surface area (Å²) in [6.45, 7) is 8.85. The molecule has 0 atom stereocenters. The number of fused-ring (bicyclic) bond motifs is 3. The Morgan fingerprint density at radius 3 is 2.20 bits per heavy atom. The quantitative estimate of drug-likeness (QED) is 0.297. The van der Waals surface area contributed by atoms with E-state index >= 15 is 0 Å². The second kappa shape index (κ2) is 6.95. The van der Waals surface area contributed by atoms with Gasteiger partial charge < -0.3 is 0 Å². The van der Waals surface area contributed by atoms with Crippen LogP contribution in [0.15, 0.2) is 66.9 Å². The predicted molar refractivity (Wildman–Crippen MR) is 126 cm³/mol. The lowest BCUT2D eigenvalue weighted by Crippen LogP contribution is -2.32. The number of hydrogen-bond acceptors (Lipinski definition) is 0. The number of aryl methyl sites for hydroxylation is 5. The molecule has 1 heteroatoms. The van der Waals surface area contributed by atoms with E-state index in [1.165, 1.54) is 66.9 Å². The van der Waals surface area contributed by atoms with Crippen molar-refractivity contribution in [2.45, 2.75) is 34.1 Å². The lowest BCUT2D eigenvalue weighted by molar-refractivity contribution is -0.660. The van der Waals surface area contributed by atoms with Crippen LogP contribution in [0.5, 0.6) is 0 Å². The summed E-state index contributed by atoms with van der Waals surface area (Å²) in [5, 5.41) is 0. The summed E-state index contributed by atoms with van der Waals surface area (Å²) >= 11 is 0. The van der Waals surface area contributed by atoms with Crippen molar-refractivity contribution in [3.05, 3.63) is 100 Å². The van der Waals surface area contributed by atoms with Crippen LogP contribution in [-0.4, -0.2) is 0 Å². The van der Waals surface area contributed by atoms with E-state index in [0.717, 1.165) is 6.42 Å². The third kappa shape index (κ3) is 2.81. The van der Waals surface area contributed by atoms with Crippen molar-refractivity contribution in [3.63, 3.8) is 0 Å². The molecule has 30 heavy (non-hydrogen) atoms. The summed E-state index contributed by atoms with van der Waals surface area (Å²) in [6.07, 6.45) is 3.25. The lowest BCUT2D eigenvalue weighted by Gasteiger charge is -2.14. The normalized spacial score (nSPS) is 12.0. The Labute approximate surface area is 179 Å². The molecule has 1 aliphatic carbocycles. The van der Waals surface area contributed by atoms with Gasteiger partial charge in [0.25, 0.3) is 0 Å². The van der Waals surface area contributed by atoms with Crippen LogP contribution in [0, 0.1) is 27.7 Å². The molecule has 1 nitrogen and oxygen atoms in total. The molecule has 0 radical (unpaired) electrons. The average molecular weight is 391 g/mol. The molecule has 0 saturated heterocycles. The predicted octanol–water partition coefficient (Wildman–Crippen LogP) is 6.65. The van der Waals surface area contributed by atoms with Crippen molar-refractivity contribution in [3.8, 4) is 33.5 Å². The molecule has 0 aliphatic heterocycles. The maximum atomic E-state index is 2.35. The summed E-state index contributed by atoms with van der Waals surface area (Å²) in [7, 11) is 2.17. The van der Waals surface area contributed by atoms with Gasteiger partial charge in [-0.05, 0) is 84.2 Å². The molecule has 0 amide bonds. The van der Waals surface area contributed by atoms with Gasteiger partial charge in [0.1, 0.15) is 7.05 Å². The van der Waals surface area contributed by atoms with Gasteiger partial charge in [0.2, 0.25) is 5.69 Å². The van der Waals surface area contributed by atoms with E-state index in [0.29, 0.717) is 0 Å². The average Bonchev–Trinajstić information content (AvgIpc) is 3.10. The van der Waals surface area contributed by atoms with Crippen LogP contribution in [-0.2, 0) is 13.5 Å². The number of rotatable bonds is 2. The molecular formula is C29H28N+. The zero-order valence-electron chi connectivity index (χ0n) is 18.5. The SMILES string of the molecule is Cc1cc(-c2c(C)ccc3c2Cc2cccc(-c4ccccc4C)c2-3)[n+](C)cc1C. The van der Waals surface area contributed by atoms with Crippen LogP contribution in [0.25, 0.3) is 33.5 Å². The summed E-state index contributed by atoms with van der Waals surface area (Å²) in [6, 6.07) is 22.5. The molecule has 0 fully saturated rings. The molecule has 1 aromatic heterocycles. The first-order chi connectivity index (χ1) is 14.5. The van der Waals surface area contributed by atoms with Gasteiger partial charge in [0.05, 0.1) is 5.56 Å². The second-order valence-corrected chi connectivity index (χ2v) is 8.75. The van der Waals surface area contributed by atoms with E-state index in [9.17, 15) is 0 Å². The van der Waals surface area contributed by atoms with Crippen LogP contribution in [0.2, 0.25) is 0 Å². The first-order valence-electron chi connectivity index (χ1n) is 10.7. The first-order valence-corrected chi connectivity index (χ1v) is 10.7. The highest BCUT2D eigenvalue weighted by molar-refractivity contribution is 5.94. The Morgan fingerprint density at radius 1 is 0.633 bits per heavy atom. The van der Waals surface area contributed by atoms with Gasteiger partial charge in [0.15, 0.2) is 6.20 Å². The highest BCUT2D eigenvalue weighted by Crippen LogP contribution is 2.47. The van der Waals surface area contributed by atoms with Crippen molar-refractivity contribution < 1.29 is 4.57 Å². The van der Waals surface area contributed by atoms with E-state index in [2.05, 4.69) is 106 Å². The van der Waals surface area contributed by atoms with Crippen LogP contribution < -0.4 is 4.57 Å². The van der Waals surface area contributed by atoms with Crippen LogP contribution in [0.1, 0.15) is 33.4 Å². The lowest BCUT2D eigenvalue weighted by atomic mass is 9.90. The summed E-state index contributed by atoms with van der Waals surface area (Å²) < 4.78 is 2.29. The fourth-order valence-corrected chi connectivity index (χ4v) is 5.03. The molecule has 0 bridgehead atoms. The summed E-state index contributed by atoms with van der Waals surface area (Å²) in [5.74, 6) is 0. The fraction of sp³-hybridized carbons (Fsp3) is 0.207. The number of aromatic nitrogens is 1. The largest absolute Gasteiger partial charge is 0.213 e. The molecule has 4 aromatic rings. The number of benzene rings is 3. The first kappa shape index (κ1) is 18.8. The van der Waals surface area contributed by atoms with Gasteiger partial charge in [-0.1, -0.05) is 54.6 Å². The van der Waals surface area contributed by atoms with Crippen molar-refractivity contribution >= 4 is 0 Å². The van der Waals surface area contributed by atoms with Crippen LogP contribution >= 0.6 is 0 Å². The molecule has 3 aromatic carbocycles. The Hall–Kier alpha value is -3.19. The van der Waals surface area contributed by atoms with E-state index in [4.69, 9.17) is 0 Å². The fourth-order valence-electron chi connectivity index (χ4n) is 5.03. The number of pyridine rings is 1. The standard InChI is InChI=1S/C29H28N/c1-18-9-6-7-11-23(18)24-12-8-10-22-16-26-25(29(22)24)14-13-19(2)28(26)27-15-20(3)21(4)17-30(27)5/h6-15,17H,16H2,1-5H3/q+1. The molecule has 0 saturated carbocycles. The van der Waals surface area contributed by atoms with Crippen molar-refractivity contribution in [2.75, 3.05) is 0 Å². The molecular weight excluding hydrogens is 362 g/mol. The molecule has 1 aliphatic rings. The smallest absolute Gasteiger partial charge is 0.201 e. The Balaban J connectivity index is 1.78. The van der Waals surface area contributed by atoms with Gasteiger partial charge >= 0.3 is 0 Å². The maximum absolute atomic E-state index is 2.35. The molecule has 1 heterocycles. The van der Waals surface area contributed by atoms with Gasteiger partial charge in [-0.15, -0.1) is 0 Å². The molecule has 0 unspecified atom stereocenters. The molecule has 5 rings (SSSR count). The monoisotopic (exact) mass is 390 g/mol. The van der Waals surface area contributed by atoms with Crippen LogP contribution in [0.4, 0.5) is 0 Å². The van der Waals surface area contributed by atoms with Crippen LogP contribution in [0.3, 0.4) is 0 Å². The summed E-state index contributed by atoms with van der Waals surface area (Å²) in [4.78, 5) is 0. The number of hydrogen-bond donors (Lipinski definition) is 0. The van der Waals surface area contributed by atoms with Crippen molar-refractivity contribution in [1.82, 2.24) is 0 Å². The minimum Gasteiger partial charge on any atom is -0.201 e. The highest BCUT2D eigenvalue weighted by Gasteiger charge is 2.28. The minimum atomic E-state index is 0.994. The van der Waals surface area contributed by atoms with E-state index in [1.54, 1.807) is 0 Å². The molecule has 148 valence electrons. The highest BCUT2D eigenvalue weighted by atomic mass is 14.9. The minimum absolute atomic E-state index is 0.994. The Bertz CT molecular complexity index is 1310. The molecule has 0 N–H and O–H groups in total. The second-order valence-electron chi connectivity index (χ2n) is 8.75. The van der Waals surface area contributed by atoms with E-state index in [1.807, 2.05) is 0 Å². The zero-order valence-corrected chi connectivity index (χ0v) is 18.5. The van der Waals surface area contributed by atoms with Gasteiger partial charge in [0, 0.05) is 11.6 Å². The number of nitrogens with zero attached hydrogens (tertiary/aromatic N) is 1. The zero-order chi connectivity index (χ0) is 21.0. The van der Waals surface area contributed by atoms with Gasteiger partial charge in [-0.3, -0.25) is 0 Å². The summed E-state index contributed by atoms with van der Waals surface area (Å²) in [5.41, 5.74) is 16.4. The third-order valence-electron chi connectivity index (χ3n) is 6.74. The van der Waals surface area contributed by atoms with Gasteiger partial charge in [-0.2, -0.15) is 0 Å². The maximum Gasteiger partial charge on any atom is 0.213 e. The van der Waals surface area contributed by atoms with Crippen molar-refractivity contribution in [2.24, 2.45) is 7.05 Å². The van der Waals surface area contributed by atoms with E-state index < -0.39 is 0 Å². The Kier molecular flexibility index (Phi) is 4.36. The van der Waals surface area contributed by atoms with Crippen molar-refractivity contribution in [1.29, 1.82) is 0 Å².